The number of carbonyl (C=O) groups is 1. The number of ether oxygens (including phenoxy) is 1. The van der Waals surface area contributed by atoms with Crippen LogP contribution in [0.15, 0.2) is 54.6 Å². The Bertz CT molecular complexity index is 624. The molecule has 1 unspecified atom stereocenters. The summed E-state index contributed by atoms with van der Waals surface area (Å²) in [6.45, 7) is 7.76. The molecule has 0 spiro atoms. The molecule has 0 aliphatic carbocycles. The lowest BCUT2D eigenvalue weighted by molar-refractivity contribution is -0.155. The Balaban J connectivity index is 2.29. The van der Waals surface area contributed by atoms with Gasteiger partial charge in [-0.15, -0.1) is 0 Å². The minimum atomic E-state index is -0.453. The molecule has 116 valence electrons. The van der Waals surface area contributed by atoms with Crippen LogP contribution in [0.1, 0.15) is 49.8 Å². The van der Waals surface area contributed by atoms with Crippen LogP contribution in [-0.2, 0) is 9.53 Å². The van der Waals surface area contributed by atoms with Crippen LogP contribution in [0.4, 0.5) is 0 Å². The maximum absolute atomic E-state index is 12.3. The fraction of sp³-hybridized carbons (Fsp3) is 0.350. The lowest BCUT2D eigenvalue weighted by Crippen LogP contribution is -2.25. The van der Waals surface area contributed by atoms with Gasteiger partial charge in [0.1, 0.15) is 5.60 Å². The smallest absolute Gasteiger partial charge is 0.307 e. The number of carbonyl (C=O) groups excluding carboxylic acids is 1. The van der Waals surface area contributed by atoms with Gasteiger partial charge in [-0.3, -0.25) is 4.79 Å². The van der Waals surface area contributed by atoms with Crippen molar-refractivity contribution < 1.29 is 9.53 Å². The van der Waals surface area contributed by atoms with Gasteiger partial charge in [0.15, 0.2) is 0 Å². The first-order chi connectivity index (χ1) is 10.3. The largest absolute Gasteiger partial charge is 0.460 e. The Morgan fingerprint density at radius 1 is 1.00 bits per heavy atom. The van der Waals surface area contributed by atoms with Gasteiger partial charge in [-0.2, -0.15) is 0 Å². The number of esters is 1. The van der Waals surface area contributed by atoms with Crippen LogP contribution < -0.4 is 0 Å². The molecule has 0 aliphatic heterocycles. The molecule has 0 radical (unpaired) electrons. The fourth-order valence-electron chi connectivity index (χ4n) is 2.55. The number of hydrogen-bond donors (Lipinski definition) is 0. The molecule has 0 aliphatic rings. The minimum absolute atomic E-state index is 0.0240. The summed E-state index contributed by atoms with van der Waals surface area (Å²) in [6, 6.07) is 18.5. The molecule has 0 bridgehead atoms. The van der Waals surface area contributed by atoms with E-state index in [0.29, 0.717) is 6.42 Å². The van der Waals surface area contributed by atoms with Crippen molar-refractivity contribution in [1.29, 1.82) is 0 Å². The van der Waals surface area contributed by atoms with Gasteiger partial charge in [-0.1, -0.05) is 60.2 Å². The molecule has 2 nitrogen and oxygen atoms in total. The van der Waals surface area contributed by atoms with Crippen molar-refractivity contribution in [3.63, 3.8) is 0 Å². The van der Waals surface area contributed by atoms with E-state index in [1.807, 2.05) is 45.0 Å². The summed E-state index contributed by atoms with van der Waals surface area (Å²) in [6.07, 6.45) is 0.352. The van der Waals surface area contributed by atoms with Gasteiger partial charge in [-0.25, -0.2) is 0 Å². The highest BCUT2D eigenvalue weighted by molar-refractivity contribution is 5.72. The first kappa shape index (κ1) is 16.3. The second kappa shape index (κ2) is 6.78. The quantitative estimate of drug-likeness (QED) is 0.753. The maximum Gasteiger partial charge on any atom is 0.307 e. The molecule has 0 N–H and O–H groups in total. The van der Waals surface area contributed by atoms with Crippen molar-refractivity contribution in [3.05, 3.63) is 71.3 Å². The van der Waals surface area contributed by atoms with Crippen LogP contribution >= 0.6 is 0 Å². The Hall–Kier alpha value is -2.09. The average Bonchev–Trinajstić information content (AvgIpc) is 2.44. The molecule has 2 rings (SSSR count). The van der Waals surface area contributed by atoms with Crippen molar-refractivity contribution in [2.75, 3.05) is 0 Å². The van der Waals surface area contributed by atoms with E-state index in [-0.39, 0.29) is 11.9 Å². The molecule has 0 saturated carbocycles. The molecule has 0 aromatic heterocycles. The number of benzene rings is 2. The maximum atomic E-state index is 12.3. The standard InChI is InChI=1S/C20H24O2/c1-15-9-8-12-17(13-15)18(16-10-6-5-7-11-16)14-19(21)22-20(2,3)4/h5-13,18H,14H2,1-4H3. The van der Waals surface area contributed by atoms with Gasteiger partial charge < -0.3 is 4.74 Å². The van der Waals surface area contributed by atoms with E-state index < -0.39 is 5.60 Å². The normalized spacial score (nSPS) is 12.7. The zero-order valence-corrected chi connectivity index (χ0v) is 13.8. The summed E-state index contributed by atoms with van der Waals surface area (Å²) < 4.78 is 5.50. The molecule has 0 saturated heterocycles. The molecular formula is C20H24O2. The Morgan fingerprint density at radius 2 is 1.64 bits per heavy atom. The van der Waals surface area contributed by atoms with Gasteiger partial charge in [0, 0.05) is 5.92 Å². The monoisotopic (exact) mass is 296 g/mol. The molecule has 2 aromatic carbocycles. The zero-order chi connectivity index (χ0) is 16.2. The lowest BCUT2D eigenvalue weighted by Gasteiger charge is -2.23. The van der Waals surface area contributed by atoms with Crippen LogP contribution in [0.3, 0.4) is 0 Å². The van der Waals surface area contributed by atoms with Crippen LogP contribution in [0.25, 0.3) is 0 Å². The van der Waals surface area contributed by atoms with Crippen molar-refractivity contribution in [2.45, 2.75) is 45.6 Å². The highest BCUT2D eigenvalue weighted by Gasteiger charge is 2.22. The highest BCUT2D eigenvalue weighted by atomic mass is 16.6. The van der Waals surface area contributed by atoms with E-state index in [1.165, 1.54) is 5.56 Å². The Labute approximate surface area is 133 Å². The lowest BCUT2D eigenvalue weighted by atomic mass is 9.88. The molecule has 22 heavy (non-hydrogen) atoms. The van der Waals surface area contributed by atoms with Gasteiger partial charge in [0.2, 0.25) is 0 Å². The molecule has 2 aromatic rings. The van der Waals surface area contributed by atoms with Gasteiger partial charge >= 0.3 is 5.97 Å². The predicted octanol–water partition coefficient (Wildman–Crippen LogP) is 4.86. The van der Waals surface area contributed by atoms with Crippen molar-refractivity contribution in [1.82, 2.24) is 0 Å². The predicted molar refractivity (Wildman–Crippen MR) is 89.9 cm³/mol. The molecule has 2 heteroatoms. The number of aryl methyl sites for hydroxylation is 1. The third-order valence-corrected chi connectivity index (χ3v) is 3.44. The van der Waals surface area contributed by atoms with Crippen molar-refractivity contribution >= 4 is 5.97 Å². The summed E-state index contributed by atoms with van der Waals surface area (Å²) in [5, 5.41) is 0. The number of rotatable bonds is 4. The van der Waals surface area contributed by atoms with Crippen LogP contribution in [0, 0.1) is 6.92 Å². The zero-order valence-electron chi connectivity index (χ0n) is 13.8. The first-order valence-corrected chi connectivity index (χ1v) is 7.68. The molecule has 1 atom stereocenters. The van der Waals surface area contributed by atoms with Crippen LogP contribution in [-0.4, -0.2) is 11.6 Å². The van der Waals surface area contributed by atoms with E-state index in [1.54, 1.807) is 0 Å². The summed E-state index contributed by atoms with van der Waals surface area (Å²) in [5.74, 6) is -0.140. The van der Waals surface area contributed by atoms with Crippen LogP contribution in [0.5, 0.6) is 0 Å². The molecular weight excluding hydrogens is 272 g/mol. The van der Waals surface area contributed by atoms with E-state index >= 15 is 0 Å². The molecule has 0 heterocycles. The van der Waals surface area contributed by atoms with E-state index in [0.717, 1.165) is 11.1 Å². The van der Waals surface area contributed by atoms with E-state index in [9.17, 15) is 4.79 Å². The topological polar surface area (TPSA) is 26.3 Å². The number of hydrogen-bond acceptors (Lipinski definition) is 2. The molecule has 0 amide bonds. The van der Waals surface area contributed by atoms with Crippen molar-refractivity contribution in [3.8, 4) is 0 Å². The summed E-state index contributed by atoms with van der Waals surface area (Å²) in [4.78, 5) is 12.3. The minimum Gasteiger partial charge on any atom is -0.460 e. The Kier molecular flexibility index (Phi) is 5.02. The second-order valence-corrected chi connectivity index (χ2v) is 6.67. The van der Waals surface area contributed by atoms with E-state index in [2.05, 4.69) is 37.3 Å². The summed E-state index contributed by atoms with van der Waals surface area (Å²) >= 11 is 0. The van der Waals surface area contributed by atoms with Crippen molar-refractivity contribution in [2.24, 2.45) is 0 Å². The fourth-order valence-corrected chi connectivity index (χ4v) is 2.55. The van der Waals surface area contributed by atoms with Gasteiger partial charge in [-0.05, 0) is 38.8 Å². The first-order valence-electron chi connectivity index (χ1n) is 7.68. The van der Waals surface area contributed by atoms with Gasteiger partial charge in [0.25, 0.3) is 0 Å². The second-order valence-electron chi connectivity index (χ2n) is 6.67. The van der Waals surface area contributed by atoms with Gasteiger partial charge in [0.05, 0.1) is 6.42 Å². The Morgan fingerprint density at radius 3 is 2.23 bits per heavy atom. The average molecular weight is 296 g/mol. The van der Waals surface area contributed by atoms with E-state index in [4.69, 9.17) is 4.74 Å². The molecule has 0 fully saturated rings. The third-order valence-electron chi connectivity index (χ3n) is 3.44. The summed E-state index contributed by atoms with van der Waals surface area (Å²) in [5.41, 5.74) is 3.03. The SMILES string of the molecule is Cc1cccc(C(CC(=O)OC(C)(C)C)c2ccccc2)c1. The summed E-state index contributed by atoms with van der Waals surface area (Å²) in [7, 11) is 0. The van der Waals surface area contributed by atoms with Crippen LogP contribution in [0.2, 0.25) is 0 Å². The third kappa shape index (κ3) is 4.73. The highest BCUT2D eigenvalue weighted by Crippen LogP contribution is 2.29.